The lowest BCUT2D eigenvalue weighted by Gasteiger charge is -2.10. The van der Waals surface area contributed by atoms with Crippen LogP contribution in [-0.4, -0.2) is 11.2 Å². The standard InChI is InChI=1S/C25H23FO3S/c1-25(2)22(23(25)30-19-11-7-4-8-12-19)24(27)28-16-17-13-14-20(26)21(15-17)29-18-9-5-3-6-10-18/h3-15,22-23H,16H2,1-2H3. The molecule has 0 amide bonds. The Hall–Kier alpha value is -2.79. The maximum Gasteiger partial charge on any atom is 0.311 e. The Morgan fingerprint density at radius 2 is 1.67 bits per heavy atom. The second-order valence-electron chi connectivity index (χ2n) is 7.94. The van der Waals surface area contributed by atoms with Crippen LogP contribution < -0.4 is 4.74 Å². The van der Waals surface area contributed by atoms with Gasteiger partial charge in [-0.3, -0.25) is 4.79 Å². The molecule has 3 aromatic rings. The summed E-state index contributed by atoms with van der Waals surface area (Å²) in [5.74, 6) is -0.187. The lowest BCUT2D eigenvalue weighted by molar-refractivity contribution is -0.147. The molecule has 4 rings (SSSR count). The monoisotopic (exact) mass is 422 g/mol. The zero-order valence-electron chi connectivity index (χ0n) is 16.9. The molecule has 0 aromatic heterocycles. The normalized spacial score (nSPS) is 19.2. The molecule has 0 heterocycles. The van der Waals surface area contributed by atoms with E-state index in [-0.39, 0.29) is 34.9 Å². The number of hydrogen-bond acceptors (Lipinski definition) is 4. The summed E-state index contributed by atoms with van der Waals surface area (Å²) in [4.78, 5) is 13.8. The summed E-state index contributed by atoms with van der Waals surface area (Å²) in [6.45, 7) is 4.26. The van der Waals surface area contributed by atoms with Crippen LogP contribution >= 0.6 is 11.8 Å². The van der Waals surface area contributed by atoms with Crippen LogP contribution in [0.2, 0.25) is 0 Å². The van der Waals surface area contributed by atoms with Gasteiger partial charge in [0.1, 0.15) is 12.4 Å². The van der Waals surface area contributed by atoms with E-state index in [9.17, 15) is 9.18 Å². The van der Waals surface area contributed by atoms with Crippen molar-refractivity contribution in [3.05, 3.63) is 90.2 Å². The fraction of sp³-hybridized carbons (Fsp3) is 0.240. The summed E-state index contributed by atoms with van der Waals surface area (Å²) in [6.07, 6.45) is 0. The molecule has 0 aliphatic heterocycles. The van der Waals surface area contributed by atoms with Gasteiger partial charge in [-0.15, -0.1) is 11.8 Å². The number of benzene rings is 3. The highest BCUT2D eigenvalue weighted by Crippen LogP contribution is 2.61. The van der Waals surface area contributed by atoms with Crippen molar-refractivity contribution in [2.24, 2.45) is 11.3 Å². The van der Waals surface area contributed by atoms with Gasteiger partial charge in [-0.05, 0) is 47.4 Å². The van der Waals surface area contributed by atoms with Gasteiger partial charge in [0, 0.05) is 10.1 Å². The summed E-state index contributed by atoms with van der Waals surface area (Å²) in [7, 11) is 0. The lowest BCUT2D eigenvalue weighted by Crippen LogP contribution is -2.11. The number of hydrogen-bond donors (Lipinski definition) is 0. The molecule has 30 heavy (non-hydrogen) atoms. The van der Waals surface area contributed by atoms with Crippen molar-refractivity contribution >= 4 is 17.7 Å². The SMILES string of the molecule is CC1(C)C(Sc2ccccc2)C1C(=O)OCc1ccc(F)c(Oc2ccccc2)c1. The average molecular weight is 423 g/mol. The van der Waals surface area contributed by atoms with Crippen molar-refractivity contribution in [1.29, 1.82) is 0 Å². The number of para-hydroxylation sites is 1. The highest BCUT2D eigenvalue weighted by molar-refractivity contribution is 8.00. The van der Waals surface area contributed by atoms with E-state index in [1.165, 1.54) is 6.07 Å². The Balaban J connectivity index is 1.37. The Morgan fingerprint density at radius 1 is 1.00 bits per heavy atom. The largest absolute Gasteiger partial charge is 0.461 e. The van der Waals surface area contributed by atoms with E-state index in [1.54, 1.807) is 36.0 Å². The molecule has 2 atom stereocenters. The molecule has 2 unspecified atom stereocenters. The third kappa shape index (κ3) is 4.51. The molecule has 0 radical (unpaired) electrons. The van der Waals surface area contributed by atoms with Crippen LogP contribution in [0.15, 0.2) is 83.8 Å². The molecule has 3 aromatic carbocycles. The fourth-order valence-corrected chi connectivity index (χ4v) is 5.04. The van der Waals surface area contributed by atoms with Crippen molar-refractivity contribution < 1.29 is 18.7 Å². The number of thioether (sulfide) groups is 1. The summed E-state index contributed by atoms with van der Waals surface area (Å²) in [5, 5.41) is 0.178. The van der Waals surface area contributed by atoms with Crippen molar-refractivity contribution in [2.45, 2.75) is 30.6 Å². The molecule has 154 valence electrons. The molecule has 1 saturated carbocycles. The molecule has 1 aliphatic rings. The minimum absolute atomic E-state index is 0.0829. The van der Waals surface area contributed by atoms with Gasteiger partial charge in [-0.2, -0.15) is 0 Å². The van der Waals surface area contributed by atoms with Crippen LogP contribution in [0.25, 0.3) is 0 Å². The zero-order chi connectivity index (χ0) is 21.1. The maximum atomic E-state index is 14.1. The highest BCUT2D eigenvalue weighted by atomic mass is 32.2. The molecule has 0 bridgehead atoms. The predicted molar refractivity (Wildman–Crippen MR) is 116 cm³/mol. The Morgan fingerprint density at radius 3 is 2.37 bits per heavy atom. The van der Waals surface area contributed by atoms with Crippen LogP contribution in [0, 0.1) is 17.2 Å². The van der Waals surface area contributed by atoms with Gasteiger partial charge in [-0.25, -0.2) is 4.39 Å². The van der Waals surface area contributed by atoms with Crippen molar-refractivity contribution in [3.8, 4) is 11.5 Å². The Labute approximate surface area is 180 Å². The van der Waals surface area contributed by atoms with Gasteiger partial charge < -0.3 is 9.47 Å². The zero-order valence-corrected chi connectivity index (χ0v) is 17.7. The van der Waals surface area contributed by atoms with Gasteiger partial charge in [0.15, 0.2) is 11.6 Å². The van der Waals surface area contributed by atoms with E-state index in [1.807, 2.05) is 48.5 Å². The van der Waals surface area contributed by atoms with E-state index < -0.39 is 5.82 Å². The van der Waals surface area contributed by atoms with Gasteiger partial charge in [-0.1, -0.05) is 56.3 Å². The third-order valence-corrected chi connectivity index (χ3v) is 7.01. The minimum atomic E-state index is -0.461. The van der Waals surface area contributed by atoms with Crippen LogP contribution in [0.5, 0.6) is 11.5 Å². The van der Waals surface area contributed by atoms with Crippen molar-refractivity contribution in [3.63, 3.8) is 0 Å². The molecular weight excluding hydrogens is 399 g/mol. The minimum Gasteiger partial charge on any atom is -0.461 e. The number of esters is 1. The molecular formula is C25H23FO3S. The molecule has 3 nitrogen and oxygen atoms in total. The fourth-order valence-electron chi connectivity index (χ4n) is 3.46. The van der Waals surface area contributed by atoms with Gasteiger partial charge in [0.2, 0.25) is 0 Å². The summed E-state index contributed by atoms with van der Waals surface area (Å²) < 4.78 is 25.3. The second kappa shape index (κ2) is 8.52. The number of ether oxygens (including phenoxy) is 2. The van der Waals surface area contributed by atoms with Crippen LogP contribution in [0.1, 0.15) is 19.4 Å². The van der Waals surface area contributed by atoms with E-state index in [0.717, 1.165) is 4.90 Å². The number of rotatable bonds is 7. The molecule has 0 saturated heterocycles. The van der Waals surface area contributed by atoms with Crippen molar-refractivity contribution in [2.75, 3.05) is 0 Å². The maximum absolute atomic E-state index is 14.1. The third-order valence-electron chi connectivity index (χ3n) is 5.34. The smallest absolute Gasteiger partial charge is 0.311 e. The van der Waals surface area contributed by atoms with E-state index in [4.69, 9.17) is 9.47 Å². The van der Waals surface area contributed by atoms with Gasteiger partial charge in [0.25, 0.3) is 0 Å². The van der Waals surface area contributed by atoms with Crippen LogP contribution in [-0.2, 0) is 16.1 Å². The first-order chi connectivity index (χ1) is 14.4. The first-order valence-corrected chi connectivity index (χ1v) is 10.7. The van der Waals surface area contributed by atoms with Crippen LogP contribution in [0.3, 0.4) is 0 Å². The highest BCUT2D eigenvalue weighted by Gasteiger charge is 2.63. The van der Waals surface area contributed by atoms with Gasteiger partial charge in [0.05, 0.1) is 5.92 Å². The first-order valence-electron chi connectivity index (χ1n) is 9.85. The first kappa shape index (κ1) is 20.5. The van der Waals surface area contributed by atoms with E-state index >= 15 is 0 Å². The molecule has 1 fully saturated rings. The lowest BCUT2D eigenvalue weighted by atomic mass is 10.1. The Bertz CT molecular complexity index is 1020. The Kier molecular flexibility index (Phi) is 5.82. The number of halogens is 1. The molecule has 1 aliphatic carbocycles. The number of carbonyl (C=O) groups is 1. The predicted octanol–water partition coefficient (Wildman–Crippen LogP) is 6.48. The summed E-state index contributed by atoms with van der Waals surface area (Å²) in [6, 6.07) is 23.6. The van der Waals surface area contributed by atoms with Crippen molar-refractivity contribution in [1.82, 2.24) is 0 Å². The topological polar surface area (TPSA) is 35.5 Å². The molecule has 0 spiro atoms. The number of carbonyl (C=O) groups excluding carboxylic acids is 1. The van der Waals surface area contributed by atoms with Crippen LogP contribution in [0.4, 0.5) is 4.39 Å². The molecule has 5 heteroatoms. The quantitative estimate of drug-likeness (QED) is 0.408. The molecule has 0 N–H and O–H groups in total. The van der Waals surface area contributed by atoms with E-state index in [2.05, 4.69) is 13.8 Å². The van der Waals surface area contributed by atoms with Gasteiger partial charge >= 0.3 is 5.97 Å². The summed E-state index contributed by atoms with van der Waals surface area (Å²) >= 11 is 1.71. The van der Waals surface area contributed by atoms with E-state index in [0.29, 0.717) is 11.3 Å². The average Bonchev–Trinajstić information content (AvgIpc) is 3.29. The summed E-state index contributed by atoms with van der Waals surface area (Å²) in [5.41, 5.74) is 0.559. The second-order valence-corrected chi connectivity index (χ2v) is 9.15.